The third kappa shape index (κ3) is 3.90. The molecule has 6 nitrogen and oxygen atoms in total. The Hall–Kier alpha value is -2.44. The van der Waals surface area contributed by atoms with Crippen molar-refractivity contribution in [2.24, 2.45) is 0 Å². The van der Waals surface area contributed by atoms with Crippen molar-refractivity contribution in [1.29, 1.82) is 0 Å². The van der Waals surface area contributed by atoms with Crippen molar-refractivity contribution in [3.63, 3.8) is 0 Å². The molecule has 0 saturated heterocycles. The van der Waals surface area contributed by atoms with Crippen LogP contribution in [-0.4, -0.2) is 26.1 Å². The highest BCUT2D eigenvalue weighted by Crippen LogP contribution is 2.22. The quantitative estimate of drug-likeness (QED) is 0.770. The number of hydrogen-bond acceptors (Lipinski definition) is 4. The van der Waals surface area contributed by atoms with E-state index in [2.05, 4.69) is 20.7 Å². The summed E-state index contributed by atoms with van der Waals surface area (Å²) in [4.78, 5) is 13.3. The summed E-state index contributed by atoms with van der Waals surface area (Å²) in [6.45, 7) is 1.85. The van der Waals surface area contributed by atoms with E-state index in [9.17, 15) is 4.79 Å². The van der Waals surface area contributed by atoms with Gasteiger partial charge in [-0.05, 0) is 42.0 Å². The maximum absolute atomic E-state index is 12.1. The number of nitrogens with one attached hydrogen (secondary N) is 1. The number of rotatable bonds is 4. The van der Waals surface area contributed by atoms with Crippen LogP contribution >= 0.6 is 23.2 Å². The van der Waals surface area contributed by atoms with Crippen LogP contribution in [-0.2, 0) is 11.3 Å². The second kappa shape index (κ2) is 6.98. The lowest BCUT2D eigenvalue weighted by atomic mass is 10.2. The molecule has 0 bridgehead atoms. The van der Waals surface area contributed by atoms with Crippen LogP contribution in [0.1, 0.15) is 5.56 Å². The molecule has 0 saturated carbocycles. The van der Waals surface area contributed by atoms with E-state index < -0.39 is 0 Å². The minimum Gasteiger partial charge on any atom is -0.323 e. The fourth-order valence-electron chi connectivity index (χ4n) is 2.09. The summed E-state index contributed by atoms with van der Waals surface area (Å²) in [5.41, 5.74) is 2.29. The first-order valence-electron chi connectivity index (χ1n) is 7.11. The van der Waals surface area contributed by atoms with Gasteiger partial charge in [0, 0.05) is 10.6 Å². The number of carbonyl (C=O) groups excluding carboxylic acids is 1. The zero-order valence-electron chi connectivity index (χ0n) is 12.7. The number of anilines is 1. The molecule has 1 heterocycles. The Kier molecular flexibility index (Phi) is 4.78. The largest absolute Gasteiger partial charge is 0.323 e. The maximum atomic E-state index is 12.1. The number of aromatic nitrogens is 4. The van der Waals surface area contributed by atoms with Gasteiger partial charge < -0.3 is 5.32 Å². The Labute approximate surface area is 148 Å². The van der Waals surface area contributed by atoms with Crippen molar-refractivity contribution in [2.45, 2.75) is 13.5 Å². The molecule has 1 amide bonds. The highest BCUT2D eigenvalue weighted by atomic mass is 35.5. The predicted molar refractivity (Wildman–Crippen MR) is 93.1 cm³/mol. The summed E-state index contributed by atoms with van der Waals surface area (Å²) in [6, 6.07) is 12.5. The molecule has 0 unspecified atom stereocenters. The molecule has 24 heavy (non-hydrogen) atoms. The number of carbonyl (C=O) groups is 1. The van der Waals surface area contributed by atoms with Crippen LogP contribution in [0.4, 0.5) is 5.69 Å². The molecular weight excluding hydrogens is 349 g/mol. The van der Waals surface area contributed by atoms with Gasteiger partial charge in [-0.1, -0.05) is 41.4 Å². The lowest BCUT2D eigenvalue weighted by molar-refractivity contribution is -0.117. The molecule has 3 aromatic rings. The van der Waals surface area contributed by atoms with E-state index in [0.717, 1.165) is 11.1 Å². The Morgan fingerprint density at radius 3 is 2.79 bits per heavy atom. The number of benzene rings is 2. The zero-order valence-corrected chi connectivity index (χ0v) is 14.2. The Morgan fingerprint density at radius 2 is 2.04 bits per heavy atom. The van der Waals surface area contributed by atoms with Crippen LogP contribution in [0.3, 0.4) is 0 Å². The van der Waals surface area contributed by atoms with Gasteiger partial charge in [-0.3, -0.25) is 4.79 Å². The first kappa shape index (κ1) is 16.4. The van der Waals surface area contributed by atoms with E-state index in [1.165, 1.54) is 4.80 Å². The standard InChI is InChI=1S/C16H13Cl2N5O/c1-10-5-6-14(13(18)7-10)19-15(24)9-23-21-16(20-22-23)11-3-2-4-12(17)8-11/h2-8H,9H2,1H3,(H,19,24). The van der Waals surface area contributed by atoms with Crippen molar-refractivity contribution in [2.75, 3.05) is 5.32 Å². The fourth-order valence-corrected chi connectivity index (χ4v) is 2.57. The smallest absolute Gasteiger partial charge is 0.248 e. The van der Waals surface area contributed by atoms with Crippen molar-refractivity contribution < 1.29 is 4.79 Å². The summed E-state index contributed by atoms with van der Waals surface area (Å²) >= 11 is 12.0. The molecule has 0 aliphatic heterocycles. The summed E-state index contributed by atoms with van der Waals surface area (Å²) in [5, 5.41) is 15.8. The van der Waals surface area contributed by atoms with E-state index in [4.69, 9.17) is 23.2 Å². The number of amides is 1. The van der Waals surface area contributed by atoms with Gasteiger partial charge in [-0.25, -0.2) is 0 Å². The van der Waals surface area contributed by atoms with Gasteiger partial charge in [0.15, 0.2) is 0 Å². The second-order valence-corrected chi connectivity index (χ2v) is 6.03. The summed E-state index contributed by atoms with van der Waals surface area (Å²) < 4.78 is 0. The lowest BCUT2D eigenvalue weighted by Crippen LogP contribution is -2.20. The molecule has 3 rings (SSSR count). The molecular formula is C16H13Cl2N5O. The van der Waals surface area contributed by atoms with Gasteiger partial charge in [0.25, 0.3) is 0 Å². The molecule has 0 aliphatic carbocycles. The average molecular weight is 362 g/mol. The van der Waals surface area contributed by atoms with E-state index in [0.29, 0.717) is 21.6 Å². The van der Waals surface area contributed by atoms with E-state index in [1.807, 2.05) is 19.1 Å². The number of aryl methyl sites for hydroxylation is 1. The van der Waals surface area contributed by atoms with E-state index >= 15 is 0 Å². The minimum atomic E-state index is -0.296. The minimum absolute atomic E-state index is 0.0717. The van der Waals surface area contributed by atoms with Gasteiger partial charge in [0.05, 0.1) is 10.7 Å². The van der Waals surface area contributed by atoms with Crippen molar-refractivity contribution in [3.8, 4) is 11.4 Å². The first-order valence-corrected chi connectivity index (χ1v) is 7.86. The molecule has 2 aromatic carbocycles. The lowest BCUT2D eigenvalue weighted by Gasteiger charge is -2.07. The van der Waals surface area contributed by atoms with Gasteiger partial charge in [-0.15, -0.1) is 10.2 Å². The summed E-state index contributed by atoms with van der Waals surface area (Å²) in [6.07, 6.45) is 0. The normalized spacial score (nSPS) is 10.6. The zero-order chi connectivity index (χ0) is 17.1. The third-order valence-electron chi connectivity index (χ3n) is 3.22. The van der Waals surface area contributed by atoms with Crippen molar-refractivity contribution in [1.82, 2.24) is 20.2 Å². The summed E-state index contributed by atoms with van der Waals surface area (Å²) in [5.74, 6) is 0.106. The van der Waals surface area contributed by atoms with Gasteiger partial charge in [0.1, 0.15) is 6.54 Å². The molecule has 0 fully saturated rings. The second-order valence-electron chi connectivity index (χ2n) is 5.19. The fraction of sp³-hybridized carbons (Fsp3) is 0.125. The van der Waals surface area contributed by atoms with Gasteiger partial charge >= 0.3 is 0 Å². The Morgan fingerprint density at radius 1 is 1.21 bits per heavy atom. The third-order valence-corrected chi connectivity index (χ3v) is 3.77. The predicted octanol–water partition coefficient (Wildman–Crippen LogP) is 3.59. The van der Waals surface area contributed by atoms with Crippen molar-refractivity contribution in [3.05, 3.63) is 58.1 Å². The topological polar surface area (TPSA) is 72.7 Å². The van der Waals surface area contributed by atoms with Crippen LogP contribution in [0, 0.1) is 6.92 Å². The Balaban J connectivity index is 1.69. The van der Waals surface area contributed by atoms with E-state index in [1.54, 1.807) is 30.3 Å². The molecule has 1 N–H and O–H groups in total. The SMILES string of the molecule is Cc1ccc(NC(=O)Cn2nnc(-c3cccc(Cl)c3)n2)c(Cl)c1. The van der Waals surface area contributed by atoms with Crippen LogP contribution in [0.25, 0.3) is 11.4 Å². The van der Waals surface area contributed by atoms with Gasteiger partial charge in [-0.2, -0.15) is 4.80 Å². The number of nitrogens with zero attached hydrogens (tertiary/aromatic N) is 4. The number of tetrazole rings is 1. The van der Waals surface area contributed by atoms with E-state index in [-0.39, 0.29) is 12.5 Å². The molecule has 122 valence electrons. The monoisotopic (exact) mass is 361 g/mol. The van der Waals surface area contributed by atoms with Crippen LogP contribution < -0.4 is 5.32 Å². The Bertz CT molecular complexity index is 894. The molecule has 0 aliphatic rings. The highest BCUT2D eigenvalue weighted by molar-refractivity contribution is 6.33. The highest BCUT2D eigenvalue weighted by Gasteiger charge is 2.11. The number of hydrogen-bond donors (Lipinski definition) is 1. The van der Waals surface area contributed by atoms with Crippen LogP contribution in [0.15, 0.2) is 42.5 Å². The maximum Gasteiger partial charge on any atom is 0.248 e. The molecule has 1 aromatic heterocycles. The first-order chi connectivity index (χ1) is 11.5. The van der Waals surface area contributed by atoms with Crippen LogP contribution in [0.5, 0.6) is 0 Å². The van der Waals surface area contributed by atoms with Crippen molar-refractivity contribution >= 4 is 34.8 Å². The average Bonchev–Trinajstić information content (AvgIpc) is 2.98. The van der Waals surface area contributed by atoms with Gasteiger partial charge in [0.2, 0.25) is 11.7 Å². The molecule has 0 atom stereocenters. The molecule has 0 spiro atoms. The number of halogens is 2. The molecule has 8 heteroatoms. The summed E-state index contributed by atoms with van der Waals surface area (Å²) in [7, 11) is 0. The van der Waals surface area contributed by atoms with Crippen LogP contribution in [0.2, 0.25) is 10.0 Å². The molecule has 0 radical (unpaired) electrons.